The first kappa shape index (κ1) is 20.7. The van der Waals surface area contributed by atoms with E-state index in [0.29, 0.717) is 23.4 Å². The minimum Gasteiger partial charge on any atom is -0.744 e. The topological polar surface area (TPSA) is 125 Å². The number of hydroxylamine groups is 2. The van der Waals surface area contributed by atoms with E-state index in [9.17, 15) is 10.4 Å². The summed E-state index contributed by atoms with van der Waals surface area (Å²) in [6.07, 6.45) is 2.49. The average Bonchev–Trinajstić information content (AvgIpc) is 3.40. The summed E-state index contributed by atoms with van der Waals surface area (Å²) < 4.78 is 0. The fourth-order valence-electron chi connectivity index (χ4n) is 3.33. The van der Waals surface area contributed by atoms with E-state index in [4.69, 9.17) is 0 Å². The Hall–Kier alpha value is -2.02. The van der Waals surface area contributed by atoms with Crippen molar-refractivity contribution in [2.45, 2.75) is 24.4 Å². The molecule has 2 aliphatic heterocycles. The number of hydrazine groups is 2. The van der Waals surface area contributed by atoms with Crippen LogP contribution in [-0.2, 0) is 0 Å². The molecule has 1 aromatic carbocycles. The minimum atomic E-state index is 0.0491. The Morgan fingerprint density at radius 1 is 0.857 bits per heavy atom. The molecule has 2 aliphatic rings. The molecule has 0 saturated carbocycles. The predicted molar refractivity (Wildman–Crippen MR) is 109 cm³/mol. The number of benzene rings is 1. The molecule has 4 atom stereocenters. The first-order chi connectivity index (χ1) is 13.6. The third-order valence-electron chi connectivity index (χ3n) is 4.86. The molecule has 0 aromatic heterocycles. The number of hydrogen-bond acceptors (Lipinski definition) is 10. The van der Waals surface area contributed by atoms with Crippen LogP contribution in [0.2, 0.25) is 0 Å². The monoisotopic (exact) mass is 388 g/mol. The average molecular weight is 388 g/mol. The maximum atomic E-state index is 11.2. The molecule has 154 valence electrons. The van der Waals surface area contributed by atoms with Crippen molar-refractivity contribution in [2.24, 2.45) is 0 Å². The van der Waals surface area contributed by atoms with Crippen molar-refractivity contribution in [1.82, 2.24) is 42.5 Å². The largest absolute Gasteiger partial charge is 0.744 e. The van der Waals surface area contributed by atoms with E-state index < -0.39 is 0 Å². The van der Waals surface area contributed by atoms with Gasteiger partial charge in [-0.25, -0.2) is 10.9 Å². The molecular formula is C18H28N8O2-2. The molecular weight excluding hydrogens is 360 g/mol. The van der Waals surface area contributed by atoms with Crippen LogP contribution < -0.4 is 32.1 Å². The summed E-state index contributed by atoms with van der Waals surface area (Å²) in [5, 5.41) is 37.4. The van der Waals surface area contributed by atoms with Gasteiger partial charge in [0, 0.05) is 38.3 Å². The number of hydrogen-bond donors (Lipinski definition) is 6. The molecule has 2 fully saturated rings. The van der Waals surface area contributed by atoms with Gasteiger partial charge in [-0.2, -0.15) is 0 Å². The van der Waals surface area contributed by atoms with Gasteiger partial charge in [0.15, 0.2) is 0 Å². The van der Waals surface area contributed by atoms with Crippen molar-refractivity contribution < 1.29 is 0 Å². The molecule has 0 amide bonds. The molecule has 10 nitrogen and oxygen atoms in total. The maximum absolute atomic E-state index is 11.2. The Bertz CT molecular complexity index is 588. The van der Waals surface area contributed by atoms with Crippen molar-refractivity contribution in [1.29, 1.82) is 0 Å². The fraction of sp³-hybridized carbons (Fsp3) is 0.444. The zero-order valence-electron chi connectivity index (χ0n) is 15.7. The van der Waals surface area contributed by atoms with Crippen LogP contribution in [0.4, 0.5) is 0 Å². The standard InChI is InChI=1S/C18H28N8O2/c1-3-25(27)21-11-15-9-19-17(23-15)13-5-7-14(8-6-13)18-20-10-16(24-18)12-22-26(28)4-2/h3-8,15-24H,1-2,9-12H2/q-2. The zero-order valence-corrected chi connectivity index (χ0v) is 15.7. The molecule has 3 rings (SSSR count). The Balaban J connectivity index is 1.46. The summed E-state index contributed by atoms with van der Waals surface area (Å²) >= 11 is 0. The van der Waals surface area contributed by atoms with Crippen molar-refractivity contribution in [3.63, 3.8) is 0 Å². The fourth-order valence-corrected chi connectivity index (χ4v) is 3.33. The lowest BCUT2D eigenvalue weighted by Gasteiger charge is -2.28. The maximum Gasteiger partial charge on any atom is 0.0839 e. The lowest BCUT2D eigenvalue weighted by atomic mass is 10.1. The van der Waals surface area contributed by atoms with Gasteiger partial charge in [0.05, 0.1) is 12.3 Å². The zero-order chi connectivity index (χ0) is 19.9. The van der Waals surface area contributed by atoms with Crippen molar-refractivity contribution in [3.8, 4) is 0 Å². The highest BCUT2D eigenvalue weighted by Crippen LogP contribution is 2.20. The number of nitrogens with zero attached hydrogens (tertiary/aromatic N) is 2. The van der Waals surface area contributed by atoms with Crippen LogP contribution in [0.5, 0.6) is 0 Å². The van der Waals surface area contributed by atoms with Crippen LogP contribution in [0.1, 0.15) is 23.5 Å². The molecule has 4 unspecified atom stereocenters. The molecule has 10 heteroatoms. The molecule has 6 N–H and O–H groups in total. The molecule has 0 aliphatic carbocycles. The van der Waals surface area contributed by atoms with Crippen LogP contribution in [0.15, 0.2) is 49.8 Å². The minimum absolute atomic E-state index is 0.0491. The molecule has 28 heavy (non-hydrogen) atoms. The normalized spacial score (nSPS) is 26.9. The summed E-state index contributed by atoms with van der Waals surface area (Å²) in [7, 11) is 0. The van der Waals surface area contributed by atoms with Gasteiger partial charge >= 0.3 is 0 Å². The molecule has 2 heterocycles. The predicted octanol–water partition coefficient (Wildman–Crippen LogP) is -0.298. The smallest absolute Gasteiger partial charge is 0.0839 e. The van der Waals surface area contributed by atoms with Crippen molar-refractivity contribution >= 4 is 0 Å². The van der Waals surface area contributed by atoms with Gasteiger partial charge in [0.25, 0.3) is 0 Å². The van der Waals surface area contributed by atoms with Gasteiger partial charge in [0.1, 0.15) is 0 Å². The van der Waals surface area contributed by atoms with Gasteiger partial charge in [-0.15, -0.1) is 0 Å². The lowest BCUT2D eigenvalue weighted by Crippen LogP contribution is -2.41. The Morgan fingerprint density at radius 2 is 1.25 bits per heavy atom. The first-order valence-corrected chi connectivity index (χ1v) is 9.32. The summed E-state index contributed by atoms with van der Waals surface area (Å²) in [5.41, 5.74) is 7.72. The number of nitrogens with one attached hydrogen (secondary N) is 6. The second-order valence-corrected chi connectivity index (χ2v) is 6.82. The van der Waals surface area contributed by atoms with E-state index in [2.05, 4.69) is 69.5 Å². The van der Waals surface area contributed by atoms with Crippen LogP contribution in [0.25, 0.3) is 0 Å². The highest BCUT2D eigenvalue weighted by molar-refractivity contribution is 5.28. The van der Waals surface area contributed by atoms with Crippen molar-refractivity contribution in [3.05, 3.63) is 71.4 Å². The summed E-state index contributed by atoms with van der Waals surface area (Å²) in [6, 6.07) is 8.67. The Labute approximate surface area is 165 Å². The van der Waals surface area contributed by atoms with E-state index in [1.54, 1.807) is 0 Å². The SMILES string of the molecule is C=CN([O-])NCC1CNC(c2ccc(C3NCC(CNN([O-])C=C)N3)cc2)N1. The third-order valence-corrected chi connectivity index (χ3v) is 4.86. The van der Waals surface area contributed by atoms with Gasteiger partial charge in [-0.1, -0.05) is 37.4 Å². The Morgan fingerprint density at radius 3 is 1.61 bits per heavy atom. The van der Waals surface area contributed by atoms with Crippen LogP contribution in [-0.4, -0.2) is 48.6 Å². The second-order valence-electron chi connectivity index (χ2n) is 6.82. The van der Waals surface area contributed by atoms with Gasteiger partial charge in [0.2, 0.25) is 0 Å². The van der Waals surface area contributed by atoms with E-state index in [1.165, 1.54) is 12.4 Å². The molecule has 0 bridgehead atoms. The number of rotatable bonds is 10. The highest BCUT2D eigenvalue weighted by Gasteiger charge is 2.26. The lowest BCUT2D eigenvalue weighted by molar-refractivity contribution is 0.343. The van der Waals surface area contributed by atoms with Gasteiger partial charge in [-0.05, 0) is 23.5 Å². The first-order valence-electron chi connectivity index (χ1n) is 9.32. The molecule has 1 aromatic rings. The Kier molecular flexibility index (Phi) is 7.36. The van der Waals surface area contributed by atoms with Crippen LogP contribution >= 0.6 is 0 Å². The van der Waals surface area contributed by atoms with Gasteiger partial charge < -0.3 is 20.8 Å². The summed E-state index contributed by atoms with van der Waals surface area (Å²) in [6.45, 7) is 9.42. The quantitative estimate of drug-likeness (QED) is 0.298. The van der Waals surface area contributed by atoms with E-state index in [0.717, 1.165) is 24.2 Å². The highest BCUT2D eigenvalue weighted by atomic mass is 16.5. The van der Waals surface area contributed by atoms with Crippen molar-refractivity contribution in [2.75, 3.05) is 26.2 Å². The van der Waals surface area contributed by atoms with Crippen LogP contribution in [0.3, 0.4) is 0 Å². The van der Waals surface area contributed by atoms with E-state index in [-0.39, 0.29) is 24.4 Å². The third kappa shape index (κ3) is 5.50. The summed E-state index contributed by atoms with van der Waals surface area (Å²) in [5.74, 6) is 0. The second kappa shape index (κ2) is 9.96. The van der Waals surface area contributed by atoms with E-state index in [1.807, 2.05) is 0 Å². The molecule has 0 spiro atoms. The summed E-state index contributed by atoms with van der Waals surface area (Å²) in [4.78, 5) is 0. The molecule has 2 saturated heterocycles. The van der Waals surface area contributed by atoms with E-state index >= 15 is 0 Å². The van der Waals surface area contributed by atoms with Crippen LogP contribution in [0, 0.1) is 10.4 Å². The van der Waals surface area contributed by atoms with Gasteiger partial charge in [-0.3, -0.25) is 21.3 Å². The molecule has 0 radical (unpaired) electrons.